The zero-order chi connectivity index (χ0) is 10.5. The molecular weight excluding hydrogens is 160 g/mol. The second-order valence-corrected chi connectivity index (χ2v) is 5.63. The highest BCUT2D eigenvalue weighted by molar-refractivity contribution is 4.96. The Morgan fingerprint density at radius 1 is 1.08 bits per heavy atom. The van der Waals surface area contributed by atoms with E-state index in [9.17, 15) is 0 Å². The highest BCUT2D eigenvalue weighted by Gasteiger charge is 2.13. The van der Waals surface area contributed by atoms with Crippen LogP contribution in [-0.4, -0.2) is 11.7 Å². The molecular formula is C12H24O. The van der Waals surface area contributed by atoms with Gasteiger partial charge < -0.3 is 5.11 Å². The molecule has 0 aromatic carbocycles. The molecule has 0 aliphatic heterocycles. The van der Waals surface area contributed by atoms with Crippen LogP contribution in [0.1, 0.15) is 47.5 Å². The lowest BCUT2D eigenvalue weighted by molar-refractivity contribution is 0.240. The van der Waals surface area contributed by atoms with Crippen LogP contribution < -0.4 is 0 Å². The summed E-state index contributed by atoms with van der Waals surface area (Å²) in [7, 11) is 0. The van der Waals surface area contributed by atoms with E-state index in [1.807, 2.05) is 0 Å². The number of hydrogen-bond donors (Lipinski definition) is 1. The Kier molecular flexibility index (Phi) is 4.69. The van der Waals surface area contributed by atoms with Crippen molar-refractivity contribution in [2.75, 3.05) is 6.61 Å². The Labute approximate surface area is 82.9 Å². The van der Waals surface area contributed by atoms with Crippen molar-refractivity contribution in [2.24, 2.45) is 10.8 Å². The van der Waals surface area contributed by atoms with Gasteiger partial charge in [0.15, 0.2) is 0 Å². The number of allylic oxidation sites excluding steroid dienone is 2. The first-order valence-electron chi connectivity index (χ1n) is 5.05. The number of hydrogen-bond acceptors (Lipinski definition) is 1. The Balaban J connectivity index is 3.96. The second kappa shape index (κ2) is 4.80. The fourth-order valence-corrected chi connectivity index (χ4v) is 1.10. The van der Waals surface area contributed by atoms with Crippen LogP contribution in [0.5, 0.6) is 0 Å². The van der Waals surface area contributed by atoms with Crippen LogP contribution in [0.3, 0.4) is 0 Å². The van der Waals surface area contributed by atoms with Crippen LogP contribution in [0, 0.1) is 10.8 Å². The molecule has 0 aliphatic rings. The fraction of sp³-hybridized carbons (Fsp3) is 0.833. The van der Waals surface area contributed by atoms with Gasteiger partial charge in [0.05, 0.1) is 0 Å². The van der Waals surface area contributed by atoms with Gasteiger partial charge in [-0.3, -0.25) is 0 Å². The number of aliphatic hydroxyl groups is 1. The highest BCUT2D eigenvalue weighted by atomic mass is 16.3. The lowest BCUT2D eigenvalue weighted by Gasteiger charge is -2.20. The standard InChI is InChI=1S/C12H24O/c1-11(2,3)7-6-8-12(4,5)9-10-13/h6,8,13H,7,9-10H2,1-5H3/b8-6+. The molecule has 1 N–H and O–H groups in total. The molecule has 0 aromatic rings. The summed E-state index contributed by atoms with van der Waals surface area (Å²) in [5.74, 6) is 0. The van der Waals surface area contributed by atoms with Gasteiger partial charge in [-0.15, -0.1) is 0 Å². The van der Waals surface area contributed by atoms with Crippen molar-refractivity contribution >= 4 is 0 Å². The summed E-state index contributed by atoms with van der Waals surface area (Å²) in [6.45, 7) is 11.3. The van der Waals surface area contributed by atoms with Gasteiger partial charge >= 0.3 is 0 Å². The van der Waals surface area contributed by atoms with Gasteiger partial charge in [-0.2, -0.15) is 0 Å². The van der Waals surface area contributed by atoms with E-state index in [1.165, 1.54) is 0 Å². The molecule has 1 nitrogen and oxygen atoms in total. The minimum atomic E-state index is 0.139. The Morgan fingerprint density at radius 2 is 1.62 bits per heavy atom. The third-order valence-electron chi connectivity index (χ3n) is 2.06. The third-order valence-corrected chi connectivity index (χ3v) is 2.06. The summed E-state index contributed by atoms with van der Waals surface area (Å²) in [5, 5.41) is 8.83. The zero-order valence-electron chi connectivity index (χ0n) is 9.72. The van der Waals surface area contributed by atoms with Crippen LogP contribution in [0.15, 0.2) is 12.2 Å². The van der Waals surface area contributed by atoms with Gasteiger partial charge in [-0.25, -0.2) is 0 Å². The highest BCUT2D eigenvalue weighted by Crippen LogP contribution is 2.24. The van der Waals surface area contributed by atoms with Crippen molar-refractivity contribution in [2.45, 2.75) is 47.5 Å². The maximum absolute atomic E-state index is 8.83. The van der Waals surface area contributed by atoms with E-state index >= 15 is 0 Å². The van der Waals surface area contributed by atoms with Gasteiger partial charge in [0.1, 0.15) is 0 Å². The summed E-state index contributed by atoms with van der Waals surface area (Å²) in [5.41, 5.74) is 0.506. The van der Waals surface area contributed by atoms with Crippen LogP contribution >= 0.6 is 0 Å². The molecule has 0 atom stereocenters. The molecule has 0 saturated carbocycles. The summed E-state index contributed by atoms with van der Waals surface area (Å²) in [4.78, 5) is 0. The molecule has 0 amide bonds. The lowest BCUT2D eigenvalue weighted by atomic mass is 9.86. The quantitative estimate of drug-likeness (QED) is 0.664. The molecule has 0 saturated heterocycles. The van der Waals surface area contributed by atoms with Crippen LogP contribution in [0.4, 0.5) is 0 Å². The predicted octanol–water partition coefficient (Wildman–Crippen LogP) is 3.39. The first kappa shape index (κ1) is 12.7. The summed E-state index contributed by atoms with van der Waals surface area (Å²) < 4.78 is 0. The van der Waals surface area contributed by atoms with E-state index < -0.39 is 0 Å². The Bertz CT molecular complexity index is 160. The Hall–Kier alpha value is -0.300. The number of rotatable bonds is 4. The summed E-state index contributed by atoms with van der Waals surface area (Å²) >= 11 is 0. The molecule has 78 valence electrons. The summed E-state index contributed by atoms with van der Waals surface area (Å²) in [6.07, 6.45) is 6.39. The molecule has 13 heavy (non-hydrogen) atoms. The van der Waals surface area contributed by atoms with E-state index in [1.54, 1.807) is 0 Å². The minimum Gasteiger partial charge on any atom is -0.396 e. The molecule has 0 heterocycles. The second-order valence-electron chi connectivity index (χ2n) is 5.63. The molecule has 0 bridgehead atoms. The van der Waals surface area contributed by atoms with Gasteiger partial charge in [0.25, 0.3) is 0 Å². The monoisotopic (exact) mass is 184 g/mol. The molecule has 1 heteroatoms. The normalized spacial score (nSPS) is 14.0. The molecule has 0 aromatic heterocycles. The molecule has 0 spiro atoms. The first-order valence-corrected chi connectivity index (χ1v) is 5.05. The smallest absolute Gasteiger partial charge is 0.0439 e. The van der Waals surface area contributed by atoms with Gasteiger partial charge in [0.2, 0.25) is 0 Å². The maximum Gasteiger partial charge on any atom is 0.0439 e. The van der Waals surface area contributed by atoms with Gasteiger partial charge in [-0.05, 0) is 23.7 Å². The van der Waals surface area contributed by atoms with E-state index in [2.05, 4.69) is 46.8 Å². The molecule has 0 radical (unpaired) electrons. The van der Waals surface area contributed by atoms with E-state index in [-0.39, 0.29) is 12.0 Å². The van der Waals surface area contributed by atoms with Crippen molar-refractivity contribution < 1.29 is 5.11 Å². The van der Waals surface area contributed by atoms with Crippen molar-refractivity contribution in [3.63, 3.8) is 0 Å². The minimum absolute atomic E-state index is 0.139. The van der Waals surface area contributed by atoms with Crippen LogP contribution in [0.2, 0.25) is 0 Å². The van der Waals surface area contributed by atoms with Gasteiger partial charge in [-0.1, -0.05) is 46.8 Å². The van der Waals surface area contributed by atoms with E-state index in [4.69, 9.17) is 5.11 Å². The van der Waals surface area contributed by atoms with Crippen LogP contribution in [0.25, 0.3) is 0 Å². The molecule has 0 unspecified atom stereocenters. The SMILES string of the molecule is CC(C)(C)C/C=C/C(C)(C)CCO. The topological polar surface area (TPSA) is 20.2 Å². The summed E-state index contributed by atoms with van der Waals surface area (Å²) in [6, 6.07) is 0. The number of aliphatic hydroxyl groups excluding tert-OH is 1. The average molecular weight is 184 g/mol. The third kappa shape index (κ3) is 8.04. The molecule has 0 fully saturated rings. The van der Waals surface area contributed by atoms with E-state index in [0.717, 1.165) is 12.8 Å². The first-order chi connectivity index (χ1) is 5.77. The van der Waals surface area contributed by atoms with Crippen molar-refractivity contribution in [3.8, 4) is 0 Å². The average Bonchev–Trinajstić information content (AvgIpc) is 1.82. The fourth-order valence-electron chi connectivity index (χ4n) is 1.10. The van der Waals surface area contributed by atoms with Gasteiger partial charge in [0, 0.05) is 6.61 Å². The zero-order valence-corrected chi connectivity index (χ0v) is 9.72. The van der Waals surface area contributed by atoms with Crippen LogP contribution in [-0.2, 0) is 0 Å². The Morgan fingerprint density at radius 3 is 2.00 bits per heavy atom. The van der Waals surface area contributed by atoms with Crippen molar-refractivity contribution in [3.05, 3.63) is 12.2 Å². The maximum atomic E-state index is 8.83. The van der Waals surface area contributed by atoms with E-state index in [0.29, 0.717) is 5.41 Å². The van der Waals surface area contributed by atoms with Crippen molar-refractivity contribution in [1.29, 1.82) is 0 Å². The largest absolute Gasteiger partial charge is 0.396 e. The van der Waals surface area contributed by atoms with Crippen molar-refractivity contribution in [1.82, 2.24) is 0 Å². The lowest BCUT2D eigenvalue weighted by Crippen LogP contribution is -2.10. The molecule has 0 aliphatic carbocycles. The predicted molar refractivity (Wildman–Crippen MR) is 58.7 cm³/mol. The molecule has 0 rings (SSSR count).